The molecule has 6 N–H and O–H groups in total. The molecule has 4 atom stereocenters. The average Bonchev–Trinajstić information content (AvgIpc) is 3.00. The van der Waals surface area contributed by atoms with Gasteiger partial charge < -0.3 is 31.0 Å². The van der Waals surface area contributed by atoms with Crippen LogP contribution in [0.5, 0.6) is 0 Å². The summed E-state index contributed by atoms with van der Waals surface area (Å²) in [5.41, 5.74) is 11.7. The van der Waals surface area contributed by atoms with E-state index in [1.54, 1.807) is 6.92 Å². The van der Waals surface area contributed by atoms with Crippen LogP contribution in [0, 0.1) is 5.92 Å². The molecular weight excluding hydrogens is 290 g/mol. The van der Waals surface area contributed by atoms with Crippen molar-refractivity contribution in [2.45, 2.75) is 25.4 Å². The van der Waals surface area contributed by atoms with Crippen LogP contribution < -0.4 is 11.5 Å². The molecule has 9 heteroatoms. The van der Waals surface area contributed by atoms with Crippen molar-refractivity contribution in [2.75, 3.05) is 12.3 Å². The summed E-state index contributed by atoms with van der Waals surface area (Å²) in [6.45, 7) is 1.56. The van der Waals surface area contributed by atoms with Crippen LogP contribution in [-0.2, 0) is 4.74 Å². The Labute approximate surface area is 125 Å². The highest BCUT2D eigenvalue weighted by Crippen LogP contribution is 2.37. The van der Waals surface area contributed by atoms with E-state index in [1.165, 1.54) is 17.1 Å². The monoisotopic (exact) mass is 307 g/mol. The summed E-state index contributed by atoms with van der Waals surface area (Å²) in [7, 11) is 0. The number of nitrogen functional groups attached to an aromatic ring is 1. The number of carbonyl (C=O) groups excluding carboxylic acids is 1. The van der Waals surface area contributed by atoms with Gasteiger partial charge in [0, 0.05) is 12.1 Å². The molecular formula is C13H17N5O4. The Kier molecular flexibility index (Phi) is 3.47. The molecule has 118 valence electrons. The van der Waals surface area contributed by atoms with E-state index in [-0.39, 0.29) is 23.9 Å². The fourth-order valence-electron chi connectivity index (χ4n) is 2.79. The first-order chi connectivity index (χ1) is 10.5. The number of hydrogen-bond donors (Lipinski definition) is 4. The summed E-state index contributed by atoms with van der Waals surface area (Å²) in [6.07, 6.45) is 0.529. The predicted molar refractivity (Wildman–Crippen MR) is 76.6 cm³/mol. The van der Waals surface area contributed by atoms with Crippen LogP contribution in [0.15, 0.2) is 12.5 Å². The van der Waals surface area contributed by atoms with Gasteiger partial charge in [0.1, 0.15) is 23.9 Å². The fourth-order valence-corrected chi connectivity index (χ4v) is 2.79. The van der Waals surface area contributed by atoms with Crippen molar-refractivity contribution in [2.24, 2.45) is 11.7 Å². The number of aliphatic hydroxyl groups is 2. The molecule has 2 aromatic heterocycles. The topological polar surface area (TPSA) is 150 Å². The molecule has 0 spiro atoms. The van der Waals surface area contributed by atoms with Gasteiger partial charge in [0.2, 0.25) is 0 Å². The first-order valence-corrected chi connectivity index (χ1v) is 6.81. The molecule has 1 fully saturated rings. The van der Waals surface area contributed by atoms with E-state index in [2.05, 4.69) is 9.97 Å². The Morgan fingerprint density at radius 3 is 2.82 bits per heavy atom. The van der Waals surface area contributed by atoms with Crippen molar-refractivity contribution in [3.8, 4) is 0 Å². The minimum Gasteiger partial charge on any atom is -0.394 e. The molecule has 0 bridgehead atoms. The number of aromatic nitrogens is 3. The van der Waals surface area contributed by atoms with Gasteiger partial charge in [0.05, 0.1) is 23.7 Å². The summed E-state index contributed by atoms with van der Waals surface area (Å²) >= 11 is 0. The lowest BCUT2D eigenvalue weighted by Crippen LogP contribution is -2.25. The maximum Gasteiger partial charge on any atom is 0.251 e. The Morgan fingerprint density at radius 1 is 1.50 bits per heavy atom. The quantitative estimate of drug-likeness (QED) is 0.568. The zero-order valence-corrected chi connectivity index (χ0v) is 11.9. The molecule has 3 rings (SSSR count). The number of rotatable bonds is 3. The number of fused-ring (bicyclic) bond motifs is 1. The second-order valence-corrected chi connectivity index (χ2v) is 5.37. The molecule has 4 unspecified atom stereocenters. The van der Waals surface area contributed by atoms with E-state index in [1.807, 2.05) is 0 Å². The highest BCUT2D eigenvalue weighted by Gasteiger charge is 2.42. The van der Waals surface area contributed by atoms with E-state index >= 15 is 0 Å². The number of primary amides is 1. The van der Waals surface area contributed by atoms with Gasteiger partial charge in [0.25, 0.3) is 5.91 Å². The largest absolute Gasteiger partial charge is 0.394 e. The zero-order chi connectivity index (χ0) is 16.0. The number of nitrogens with zero attached hydrogens (tertiary/aromatic N) is 3. The molecule has 0 aliphatic carbocycles. The van der Waals surface area contributed by atoms with Crippen LogP contribution in [0.25, 0.3) is 11.0 Å². The first-order valence-electron chi connectivity index (χ1n) is 6.81. The average molecular weight is 307 g/mol. The Balaban J connectivity index is 2.16. The lowest BCUT2D eigenvalue weighted by atomic mass is 10.0. The van der Waals surface area contributed by atoms with Gasteiger partial charge in [-0.2, -0.15) is 0 Å². The summed E-state index contributed by atoms with van der Waals surface area (Å²) < 4.78 is 7.18. The summed E-state index contributed by atoms with van der Waals surface area (Å²) in [4.78, 5) is 19.6. The molecule has 22 heavy (non-hydrogen) atoms. The maximum atomic E-state index is 11.6. The second-order valence-electron chi connectivity index (χ2n) is 5.37. The molecule has 1 aliphatic heterocycles. The van der Waals surface area contributed by atoms with E-state index in [0.717, 1.165) is 0 Å². The Hall–Kier alpha value is -2.23. The molecule has 3 heterocycles. The van der Waals surface area contributed by atoms with Crippen LogP contribution in [0.2, 0.25) is 0 Å². The summed E-state index contributed by atoms with van der Waals surface area (Å²) in [5.74, 6) is -0.829. The molecule has 0 saturated carbocycles. The van der Waals surface area contributed by atoms with Crippen molar-refractivity contribution >= 4 is 22.8 Å². The van der Waals surface area contributed by atoms with E-state index in [4.69, 9.17) is 16.2 Å². The van der Waals surface area contributed by atoms with Gasteiger partial charge in [-0.3, -0.25) is 4.79 Å². The third kappa shape index (κ3) is 2.02. The van der Waals surface area contributed by atoms with Crippen LogP contribution >= 0.6 is 0 Å². The Bertz CT molecular complexity index is 731. The molecule has 9 nitrogen and oxygen atoms in total. The van der Waals surface area contributed by atoms with Crippen molar-refractivity contribution in [3.05, 3.63) is 18.1 Å². The third-order valence-electron chi connectivity index (χ3n) is 4.09. The highest BCUT2D eigenvalue weighted by molar-refractivity contribution is 6.08. The van der Waals surface area contributed by atoms with Gasteiger partial charge in [-0.1, -0.05) is 6.92 Å². The standard InChI is InChI=1S/C13H17N5O4/c1-5-7(3-19)22-13(9(5)20)18-2-6(11(15)21)8-10(14)16-4-17-12(8)18/h2,4-5,7,9,13,19-20H,3H2,1H3,(H2,15,21)(H2,14,16,17). The minimum atomic E-state index is -0.871. The second kappa shape index (κ2) is 5.20. The van der Waals surface area contributed by atoms with Crippen LogP contribution in [0.3, 0.4) is 0 Å². The molecule has 1 amide bonds. The van der Waals surface area contributed by atoms with E-state index < -0.39 is 24.3 Å². The first kappa shape index (κ1) is 14.7. The van der Waals surface area contributed by atoms with Crippen molar-refractivity contribution in [1.82, 2.24) is 14.5 Å². The number of anilines is 1. The highest BCUT2D eigenvalue weighted by atomic mass is 16.5. The Morgan fingerprint density at radius 2 is 2.23 bits per heavy atom. The van der Waals surface area contributed by atoms with Crippen LogP contribution in [0.4, 0.5) is 5.82 Å². The van der Waals surface area contributed by atoms with Gasteiger partial charge in [-0.25, -0.2) is 9.97 Å². The van der Waals surface area contributed by atoms with Crippen molar-refractivity contribution in [3.63, 3.8) is 0 Å². The summed E-state index contributed by atoms with van der Waals surface area (Å²) in [5, 5.41) is 20.0. The minimum absolute atomic E-state index is 0.122. The molecule has 0 radical (unpaired) electrons. The third-order valence-corrected chi connectivity index (χ3v) is 4.09. The van der Waals surface area contributed by atoms with Crippen LogP contribution in [-0.4, -0.2) is 49.5 Å². The van der Waals surface area contributed by atoms with Crippen molar-refractivity contribution in [1.29, 1.82) is 0 Å². The smallest absolute Gasteiger partial charge is 0.251 e. The van der Waals surface area contributed by atoms with Crippen molar-refractivity contribution < 1.29 is 19.7 Å². The molecule has 1 saturated heterocycles. The van der Waals surface area contributed by atoms with E-state index in [9.17, 15) is 15.0 Å². The van der Waals surface area contributed by atoms with E-state index in [0.29, 0.717) is 11.0 Å². The number of nitrogens with two attached hydrogens (primary N) is 2. The molecule has 1 aliphatic rings. The predicted octanol–water partition coefficient (Wildman–Crippen LogP) is -1.00. The number of amides is 1. The number of carbonyl (C=O) groups is 1. The van der Waals surface area contributed by atoms with Crippen LogP contribution in [0.1, 0.15) is 23.5 Å². The number of ether oxygens (including phenoxy) is 1. The number of hydrogen-bond acceptors (Lipinski definition) is 7. The lowest BCUT2D eigenvalue weighted by molar-refractivity contribution is -0.0489. The van der Waals surface area contributed by atoms with Gasteiger partial charge >= 0.3 is 0 Å². The fraction of sp³-hybridized carbons (Fsp3) is 0.462. The zero-order valence-electron chi connectivity index (χ0n) is 11.9. The lowest BCUT2D eigenvalue weighted by Gasteiger charge is -2.17. The van der Waals surface area contributed by atoms with Gasteiger partial charge in [0.15, 0.2) is 6.23 Å². The summed E-state index contributed by atoms with van der Waals surface area (Å²) in [6, 6.07) is 0. The number of aliphatic hydroxyl groups excluding tert-OH is 2. The molecule has 0 aromatic carbocycles. The maximum absolute atomic E-state index is 11.6. The van der Waals surface area contributed by atoms with Gasteiger partial charge in [-0.15, -0.1) is 0 Å². The normalized spacial score (nSPS) is 28.3. The molecule has 2 aromatic rings. The SMILES string of the molecule is CC1C(CO)OC(n2cc(C(N)=O)c3c(N)ncnc32)C1O. The van der Waals surface area contributed by atoms with Gasteiger partial charge in [-0.05, 0) is 0 Å².